The highest BCUT2D eigenvalue weighted by Gasteiger charge is 2.28. The monoisotopic (exact) mass is 285 g/mol. The Kier molecular flexibility index (Phi) is 3.80. The minimum Gasteiger partial charge on any atom is -0.407 e. The number of carbonyl (C=O) groups is 1. The Hall–Kier alpha value is -1.64. The first-order valence-corrected chi connectivity index (χ1v) is 5.99. The number of carbonyl (C=O) groups excluding carboxylic acids is 1. The molecule has 1 aromatic rings. The Morgan fingerprint density at radius 2 is 2.17 bits per heavy atom. The molecule has 18 heavy (non-hydrogen) atoms. The average Bonchev–Trinajstić information content (AvgIpc) is 2.83. The van der Waals surface area contributed by atoms with E-state index in [-0.39, 0.29) is 10.8 Å². The molecule has 94 valence electrons. The summed E-state index contributed by atoms with van der Waals surface area (Å²) in [5.74, 6) is 0.180. The topological polar surface area (TPSA) is 56.6 Å². The predicted molar refractivity (Wildman–Crippen MR) is 66.1 cm³/mol. The molecule has 2 rings (SSSR count). The van der Waals surface area contributed by atoms with Crippen LogP contribution in [0.25, 0.3) is 0 Å². The molecule has 0 spiro atoms. The smallest absolute Gasteiger partial charge is 0.407 e. The standard InChI is InChI=1S/C11H9Cl2N3O2/c12-8-3-1-4-9(10(8)13)18-11(17)16-6-2-5-15(16)7-14/h1,3-4H,2,5-6H2. The fraction of sp³-hybridized carbons (Fsp3) is 0.273. The van der Waals surface area contributed by atoms with Gasteiger partial charge in [0.2, 0.25) is 0 Å². The molecule has 0 aliphatic carbocycles. The van der Waals surface area contributed by atoms with Crippen molar-refractivity contribution < 1.29 is 9.53 Å². The van der Waals surface area contributed by atoms with Gasteiger partial charge >= 0.3 is 6.09 Å². The second-order valence-electron chi connectivity index (χ2n) is 3.62. The highest BCUT2D eigenvalue weighted by Crippen LogP contribution is 2.32. The van der Waals surface area contributed by atoms with Crippen LogP contribution in [0, 0.1) is 11.5 Å². The van der Waals surface area contributed by atoms with E-state index in [9.17, 15) is 4.79 Å². The van der Waals surface area contributed by atoms with Crippen LogP contribution >= 0.6 is 23.2 Å². The predicted octanol–water partition coefficient (Wildman–Crippen LogP) is 2.90. The summed E-state index contributed by atoms with van der Waals surface area (Å²) in [5.41, 5.74) is 0. The van der Waals surface area contributed by atoms with Crippen LogP contribution in [0.1, 0.15) is 6.42 Å². The van der Waals surface area contributed by atoms with Gasteiger partial charge in [-0.15, -0.1) is 0 Å². The molecule has 0 unspecified atom stereocenters. The van der Waals surface area contributed by atoms with Crippen LogP contribution in [0.2, 0.25) is 10.0 Å². The Labute approximate surface area is 114 Å². The molecule has 1 aliphatic rings. The number of nitrogens with zero attached hydrogens (tertiary/aromatic N) is 3. The van der Waals surface area contributed by atoms with Crippen molar-refractivity contribution in [3.05, 3.63) is 28.2 Å². The molecule has 0 saturated carbocycles. The van der Waals surface area contributed by atoms with E-state index in [0.717, 1.165) is 6.42 Å². The van der Waals surface area contributed by atoms with Gasteiger partial charge in [0.25, 0.3) is 0 Å². The van der Waals surface area contributed by atoms with Crippen molar-refractivity contribution in [3.63, 3.8) is 0 Å². The fourth-order valence-electron chi connectivity index (χ4n) is 1.62. The van der Waals surface area contributed by atoms with Crippen LogP contribution in [0.4, 0.5) is 4.79 Å². The van der Waals surface area contributed by atoms with Crippen LogP contribution in [0.15, 0.2) is 18.2 Å². The third kappa shape index (κ3) is 2.45. The van der Waals surface area contributed by atoms with Gasteiger partial charge in [0.15, 0.2) is 11.9 Å². The fourth-order valence-corrected chi connectivity index (χ4v) is 1.95. The minimum atomic E-state index is -0.641. The summed E-state index contributed by atoms with van der Waals surface area (Å²) >= 11 is 11.7. The Morgan fingerprint density at radius 1 is 1.39 bits per heavy atom. The molecule has 1 fully saturated rings. The summed E-state index contributed by atoms with van der Waals surface area (Å²) in [5, 5.41) is 11.8. The second kappa shape index (κ2) is 5.34. The van der Waals surface area contributed by atoms with Gasteiger partial charge in [0, 0.05) is 6.54 Å². The van der Waals surface area contributed by atoms with Gasteiger partial charge in [0.05, 0.1) is 11.6 Å². The number of halogens is 2. The van der Waals surface area contributed by atoms with Crippen LogP contribution in [-0.4, -0.2) is 29.2 Å². The largest absolute Gasteiger partial charge is 0.434 e. The molecule has 0 atom stereocenters. The molecule has 0 radical (unpaired) electrons. The molecule has 5 nitrogen and oxygen atoms in total. The number of amides is 1. The molecule has 0 N–H and O–H groups in total. The summed E-state index contributed by atoms with van der Waals surface area (Å²) in [4.78, 5) is 11.9. The molecular weight excluding hydrogens is 277 g/mol. The first kappa shape index (κ1) is 12.8. The van der Waals surface area contributed by atoms with Crippen molar-refractivity contribution in [2.45, 2.75) is 6.42 Å². The van der Waals surface area contributed by atoms with E-state index < -0.39 is 6.09 Å². The number of ether oxygens (including phenoxy) is 1. The first-order valence-electron chi connectivity index (χ1n) is 5.24. The summed E-state index contributed by atoms with van der Waals surface area (Å²) in [6.07, 6.45) is 1.99. The van der Waals surface area contributed by atoms with E-state index in [4.69, 9.17) is 33.2 Å². The third-order valence-electron chi connectivity index (χ3n) is 2.47. The lowest BCUT2D eigenvalue weighted by atomic mass is 10.3. The Balaban J connectivity index is 2.12. The van der Waals surface area contributed by atoms with Crippen LogP contribution in [-0.2, 0) is 0 Å². The van der Waals surface area contributed by atoms with Gasteiger partial charge in [0.1, 0.15) is 5.02 Å². The first-order chi connectivity index (χ1) is 8.63. The number of hydrogen-bond donors (Lipinski definition) is 0. The van der Waals surface area contributed by atoms with Crippen LogP contribution in [0.3, 0.4) is 0 Å². The molecule has 0 bridgehead atoms. The van der Waals surface area contributed by atoms with Crippen LogP contribution < -0.4 is 4.74 Å². The number of benzene rings is 1. The molecule has 0 aromatic heterocycles. The lowest BCUT2D eigenvalue weighted by Crippen LogP contribution is -2.40. The van der Waals surface area contributed by atoms with Gasteiger partial charge in [-0.3, -0.25) is 0 Å². The minimum absolute atomic E-state index is 0.176. The zero-order valence-electron chi connectivity index (χ0n) is 9.27. The Morgan fingerprint density at radius 3 is 2.89 bits per heavy atom. The summed E-state index contributed by atoms with van der Waals surface area (Å²) < 4.78 is 5.12. The van der Waals surface area contributed by atoms with Crippen molar-refractivity contribution >= 4 is 29.3 Å². The van der Waals surface area contributed by atoms with E-state index in [0.29, 0.717) is 18.1 Å². The number of hydrogen-bond acceptors (Lipinski definition) is 4. The molecule has 1 saturated heterocycles. The van der Waals surface area contributed by atoms with E-state index in [2.05, 4.69) is 0 Å². The summed E-state index contributed by atoms with van der Waals surface area (Å²) in [7, 11) is 0. The average molecular weight is 286 g/mol. The number of nitriles is 1. The molecule has 1 amide bonds. The zero-order valence-corrected chi connectivity index (χ0v) is 10.8. The molecule has 1 aromatic carbocycles. The lowest BCUT2D eigenvalue weighted by molar-refractivity contribution is 0.0802. The quantitative estimate of drug-likeness (QED) is 0.745. The van der Waals surface area contributed by atoms with Gasteiger partial charge in [-0.2, -0.15) is 5.26 Å². The lowest BCUT2D eigenvalue weighted by Gasteiger charge is -2.21. The van der Waals surface area contributed by atoms with Gasteiger partial charge < -0.3 is 4.74 Å². The van der Waals surface area contributed by atoms with E-state index in [1.165, 1.54) is 10.0 Å². The molecule has 7 heteroatoms. The van der Waals surface area contributed by atoms with Gasteiger partial charge in [-0.05, 0) is 18.6 Å². The van der Waals surface area contributed by atoms with Crippen LogP contribution in [0.5, 0.6) is 5.75 Å². The van der Waals surface area contributed by atoms with Crippen molar-refractivity contribution in [3.8, 4) is 11.9 Å². The summed E-state index contributed by atoms with van der Waals surface area (Å²) in [6, 6.07) is 4.76. The van der Waals surface area contributed by atoms with E-state index >= 15 is 0 Å². The van der Waals surface area contributed by atoms with E-state index in [1.54, 1.807) is 18.2 Å². The maximum Gasteiger partial charge on any atom is 0.434 e. The SMILES string of the molecule is N#CN1CCCN1C(=O)Oc1cccc(Cl)c1Cl. The van der Waals surface area contributed by atoms with Gasteiger partial charge in [-0.25, -0.2) is 14.8 Å². The maximum absolute atomic E-state index is 11.9. The van der Waals surface area contributed by atoms with Crippen molar-refractivity contribution in [1.29, 1.82) is 5.26 Å². The number of hydrazine groups is 1. The molecular formula is C11H9Cl2N3O2. The molecule has 1 heterocycles. The van der Waals surface area contributed by atoms with Crippen molar-refractivity contribution in [1.82, 2.24) is 10.0 Å². The number of rotatable bonds is 1. The molecule has 1 aliphatic heterocycles. The van der Waals surface area contributed by atoms with Crippen molar-refractivity contribution in [2.75, 3.05) is 13.1 Å². The maximum atomic E-state index is 11.9. The summed E-state index contributed by atoms with van der Waals surface area (Å²) in [6.45, 7) is 0.958. The normalized spacial score (nSPS) is 14.5. The zero-order chi connectivity index (χ0) is 13.1. The van der Waals surface area contributed by atoms with Crippen molar-refractivity contribution in [2.24, 2.45) is 0 Å². The third-order valence-corrected chi connectivity index (χ3v) is 3.27. The van der Waals surface area contributed by atoms with Gasteiger partial charge in [-0.1, -0.05) is 29.3 Å². The Bertz CT molecular complexity index is 516. The highest BCUT2D eigenvalue weighted by atomic mass is 35.5. The van der Waals surface area contributed by atoms with E-state index in [1.807, 2.05) is 6.19 Å². The highest BCUT2D eigenvalue weighted by molar-refractivity contribution is 6.43. The second-order valence-corrected chi connectivity index (χ2v) is 4.40.